The first-order valence-electron chi connectivity index (χ1n) is 22.9. The van der Waals surface area contributed by atoms with Gasteiger partial charge in [0.15, 0.2) is 27.3 Å². The predicted octanol–water partition coefficient (Wildman–Crippen LogP) is 6.22. The molecule has 1 amide bonds. The van der Waals surface area contributed by atoms with Crippen molar-refractivity contribution in [3.05, 3.63) is 95.6 Å². The van der Waals surface area contributed by atoms with Gasteiger partial charge < -0.3 is 52.7 Å². The number of ether oxygens (including phenoxy) is 8. The molecular weight excluding hydrogens is 867 g/mol. The fraction of sp³-hybridized carbons (Fsp3) is 0.600. The number of alkyl carbamates (subject to hydrolysis) is 1. The molecule has 7 rings (SSSR count). The Kier molecular flexibility index (Phi) is 13.7. The van der Waals surface area contributed by atoms with E-state index in [4.69, 9.17) is 42.3 Å². The van der Waals surface area contributed by atoms with Crippen molar-refractivity contribution >= 4 is 33.8 Å². The van der Waals surface area contributed by atoms with Crippen molar-refractivity contribution in [1.82, 2.24) is 5.32 Å². The first kappa shape index (κ1) is 49.5. The molecule has 0 unspecified atom stereocenters. The molecule has 0 spiro atoms. The highest BCUT2D eigenvalue weighted by atomic mass is 28.2. The van der Waals surface area contributed by atoms with Gasteiger partial charge in [-0.25, -0.2) is 14.4 Å². The van der Waals surface area contributed by atoms with Crippen LogP contribution in [0.5, 0.6) is 0 Å². The maximum absolute atomic E-state index is 15.0. The van der Waals surface area contributed by atoms with E-state index in [2.05, 4.69) is 11.9 Å². The minimum Gasteiger partial charge on any atom is -0.456 e. The van der Waals surface area contributed by atoms with Crippen molar-refractivity contribution in [2.24, 2.45) is 16.7 Å². The highest BCUT2D eigenvalue weighted by Crippen LogP contribution is 2.67. The summed E-state index contributed by atoms with van der Waals surface area (Å²) in [7, 11) is -1.34. The van der Waals surface area contributed by atoms with Crippen molar-refractivity contribution in [2.75, 3.05) is 13.2 Å². The van der Waals surface area contributed by atoms with Crippen LogP contribution in [0.3, 0.4) is 0 Å². The lowest BCUT2D eigenvalue weighted by atomic mass is 9.44. The van der Waals surface area contributed by atoms with E-state index in [1.165, 1.54) is 6.92 Å². The second kappa shape index (κ2) is 18.2. The van der Waals surface area contributed by atoms with E-state index in [0.717, 1.165) is 0 Å². The maximum Gasteiger partial charge on any atom is 0.408 e. The van der Waals surface area contributed by atoms with Crippen LogP contribution in [0.2, 0.25) is 6.55 Å². The van der Waals surface area contributed by atoms with Gasteiger partial charge in [0.25, 0.3) is 0 Å². The maximum atomic E-state index is 15.0. The van der Waals surface area contributed by atoms with E-state index in [1.54, 1.807) is 95.3 Å². The van der Waals surface area contributed by atoms with Crippen LogP contribution in [0, 0.1) is 16.7 Å². The fourth-order valence-corrected chi connectivity index (χ4v) is 12.1. The number of carbonyl (C=O) groups is 4. The molecule has 66 heavy (non-hydrogen) atoms. The fourth-order valence-electron chi connectivity index (χ4n) is 11.4. The molecule has 3 aliphatic carbocycles. The number of esters is 3. The van der Waals surface area contributed by atoms with Crippen LogP contribution in [-0.2, 0) is 51.9 Å². The topological polar surface area (TPSA) is 184 Å². The zero-order valence-electron chi connectivity index (χ0n) is 40.0. The lowest BCUT2D eigenvalue weighted by Crippen LogP contribution is -2.82. The van der Waals surface area contributed by atoms with E-state index < -0.39 is 122 Å². The molecule has 2 aromatic rings. The second-order valence-corrected chi connectivity index (χ2v) is 21.3. The summed E-state index contributed by atoms with van der Waals surface area (Å²) in [6, 6.07) is 16.3. The van der Waals surface area contributed by atoms with Crippen molar-refractivity contribution < 1.29 is 66.6 Å². The van der Waals surface area contributed by atoms with Crippen molar-refractivity contribution in [3.63, 3.8) is 0 Å². The van der Waals surface area contributed by atoms with Gasteiger partial charge in [0.1, 0.15) is 35.6 Å². The van der Waals surface area contributed by atoms with Crippen LogP contribution in [0.25, 0.3) is 0 Å². The minimum absolute atomic E-state index is 0.0746. The van der Waals surface area contributed by atoms with Crippen LogP contribution >= 0.6 is 0 Å². The number of benzene rings is 2. The first-order chi connectivity index (χ1) is 30.9. The smallest absolute Gasteiger partial charge is 0.408 e. The van der Waals surface area contributed by atoms with Gasteiger partial charge in [0.05, 0.1) is 42.9 Å². The predicted molar refractivity (Wildman–Crippen MR) is 244 cm³/mol. The second-order valence-electron chi connectivity index (χ2n) is 20.4. The van der Waals surface area contributed by atoms with E-state index in [1.807, 2.05) is 40.3 Å². The Morgan fingerprint density at radius 1 is 0.985 bits per heavy atom. The Morgan fingerprint density at radius 2 is 1.64 bits per heavy atom. The highest BCUT2D eigenvalue weighted by Gasteiger charge is 2.79. The summed E-state index contributed by atoms with van der Waals surface area (Å²) in [4.78, 5) is 56.4. The van der Waals surface area contributed by atoms with Gasteiger partial charge in [0, 0.05) is 30.6 Å². The molecule has 2 heterocycles. The number of nitrogens with one attached hydrogen (secondary N) is 1. The third kappa shape index (κ3) is 8.78. The Hall–Kier alpha value is -4.42. The SMILES string of the molecule is C=CCO[C@H]1C[C@H]2OC[C@@]2(OC(C)=O)[C@H]2[C@H](OC(=O)c3ccccc3)[C@]3(O)C[C@H](OC(=O)[C@H](O[SiH2]C)[C@@H](NC(=O)OC(C)(C)C)c4ccccc4)C(C)=C([C@H]4OC(C)(C)O[C@H]4[C@]12C)C3(C)C. The minimum atomic E-state index is -2.10. The third-order valence-corrected chi connectivity index (χ3v) is 15.0. The van der Waals surface area contributed by atoms with Gasteiger partial charge in [-0.2, -0.15) is 0 Å². The molecule has 2 saturated carbocycles. The zero-order chi connectivity index (χ0) is 48.2. The average molecular weight is 934 g/mol. The van der Waals surface area contributed by atoms with Gasteiger partial charge >= 0.3 is 24.0 Å². The lowest BCUT2D eigenvalue weighted by Gasteiger charge is -2.69. The summed E-state index contributed by atoms with van der Waals surface area (Å²) in [6.07, 6.45) is -6.35. The molecule has 15 nitrogen and oxygen atoms in total. The largest absolute Gasteiger partial charge is 0.456 e. The molecule has 2 bridgehead atoms. The summed E-state index contributed by atoms with van der Waals surface area (Å²) < 4.78 is 58.6. The van der Waals surface area contributed by atoms with Gasteiger partial charge in [0.2, 0.25) is 0 Å². The molecule has 5 aliphatic rings. The van der Waals surface area contributed by atoms with Crippen LogP contribution in [0.1, 0.15) is 104 Å². The molecule has 2 saturated heterocycles. The standard InChI is InChI=1S/C50H67NO14Si/c1-13-24-57-33-25-34-49(27-58-34,61-29(3)52)39-41(60-42(53)31-22-18-15-19-23-31)50(56)26-32(28(2)35(46(50,7)8)37-40(48(33,39)11)63-47(9,10)62-37)59-43(54)38(65-66-12)36(30-20-16-14-17-21-30)51-44(55)64-45(4,5)6/h13-23,32-34,36-41,56H,1,24-27,66H2,2-12H3,(H,51,55)/t32-,33-,34+,36-,37+,38+,39-,40+,41-,48+,49-,50+/m0/s1. The Morgan fingerprint density at radius 3 is 2.21 bits per heavy atom. The number of amides is 1. The number of aliphatic hydroxyl groups is 1. The summed E-state index contributed by atoms with van der Waals surface area (Å²) in [5.41, 5.74) is -4.97. The van der Waals surface area contributed by atoms with Gasteiger partial charge in [-0.3, -0.25) is 4.79 Å². The number of hydrogen-bond acceptors (Lipinski definition) is 14. The Labute approximate surface area is 390 Å². The van der Waals surface area contributed by atoms with Crippen molar-refractivity contribution in [3.8, 4) is 0 Å². The van der Waals surface area contributed by atoms with Gasteiger partial charge in [-0.05, 0) is 70.4 Å². The number of rotatable bonds is 13. The third-order valence-electron chi connectivity index (χ3n) is 14.3. The van der Waals surface area contributed by atoms with Gasteiger partial charge in [-0.15, -0.1) is 6.58 Å². The van der Waals surface area contributed by atoms with E-state index >= 15 is 0 Å². The molecule has 16 heteroatoms. The van der Waals surface area contributed by atoms with Crippen LogP contribution in [0.15, 0.2) is 84.5 Å². The number of fused-ring (bicyclic) bond motifs is 8. The first-order valence-corrected chi connectivity index (χ1v) is 24.9. The number of carbonyl (C=O) groups excluding carboxylic acids is 4. The summed E-state index contributed by atoms with van der Waals surface area (Å²) in [5, 5.41) is 17.0. The summed E-state index contributed by atoms with van der Waals surface area (Å²) in [5.74, 6) is -4.42. The normalized spacial score (nSPS) is 33.9. The van der Waals surface area contributed by atoms with Gasteiger partial charge in [-0.1, -0.05) is 81.9 Å². The molecule has 2 aliphatic heterocycles. The van der Waals surface area contributed by atoms with Crippen molar-refractivity contribution in [2.45, 2.75) is 160 Å². The van der Waals surface area contributed by atoms with Crippen LogP contribution < -0.4 is 5.32 Å². The monoisotopic (exact) mass is 933 g/mol. The van der Waals surface area contributed by atoms with Crippen LogP contribution in [-0.4, -0.2) is 117 Å². The molecule has 0 aromatic heterocycles. The molecule has 0 radical (unpaired) electrons. The quantitative estimate of drug-likeness (QED) is 0.1000. The lowest BCUT2D eigenvalue weighted by molar-refractivity contribution is -0.365. The Balaban J connectivity index is 1.43. The van der Waals surface area contributed by atoms with Crippen molar-refractivity contribution in [1.29, 1.82) is 0 Å². The van der Waals surface area contributed by atoms with E-state index in [0.29, 0.717) is 16.7 Å². The Bertz CT molecular complexity index is 2190. The average Bonchev–Trinajstić information content (AvgIpc) is 3.56. The summed E-state index contributed by atoms with van der Waals surface area (Å²) in [6.45, 7) is 23.5. The zero-order valence-corrected chi connectivity index (χ0v) is 41.5. The van der Waals surface area contributed by atoms with E-state index in [9.17, 15) is 24.3 Å². The molecule has 360 valence electrons. The molecule has 2 aromatic carbocycles. The molecule has 2 N–H and O–H groups in total. The molecular formula is C50H67NO14Si. The highest BCUT2D eigenvalue weighted by molar-refractivity contribution is 6.25. The van der Waals surface area contributed by atoms with E-state index in [-0.39, 0.29) is 31.6 Å². The molecule has 4 fully saturated rings. The summed E-state index contributed by atoms with van der Waals surface area (Å²) >= 11 is 0. The van der Waals surface area contributed by atoms with Crippen LogP contribution in [0.4, 0.5) is 4.79 Å². The number of hydrogen-bond donors (Lipinski definition) is 2. The molecule has 12 atom stereocenters.